The first kappa shape index (κ1) is 22.0. The molecule has 28 heavy (non-hydrogen) atoms. The van der Waals surface area contributed by atoms with E-state index in [1.54, 1.807) is 0 Å². The molecule has 0 saturated carbocycles. The van der Waals surface area contributed by atoms with E-state index in [4.69, 9.17) is 17.4 Å². The lowest BCUT2D eigenvalue weighted by Gasteiger charge is -2.16. The van der Waals surface area contributed by atoms with Gasteiger partial charge in [0.25, 0.3) is 5.56 Å². The fraction of sp³-hybridized carbons (Fsp3) is 0.312. The lowest BCUT2D eigenvalue weighted by molar-refractivity contribution is -0.143. The topological polar surface area (TPSA) is 87.1 Å². The van der Waals surface area contributed by atoms with Crippen molar-refractivity contribution in [2.24, 2.45) is 0 Å². The van der Waals surface area contributed by atoms with Gasteiger partial charge in [0.2, 0.25) is 0 Å². The number of alkyl halides is 3. The molecular weight excluding hydrogens is 426 g/mol. The van der Waals surface area contributed by atoms with E-state index < -0.39 is 39.9 Å². The number of rotatable bonds is 6. The molecule has 0 aliphatic heterocycles. The van der Waals surface area contributed by atoms with Gasteiger partial charge in [-0.3, -0.25) is 4.79 Å². The van der Waals surface area contributed by atoms with Gasteiger partial charge in [0, 0.05) is 11.0 Å². The predicted molar refractivity (Wildman–Crippen MR) is 97.0 cm³/mol. The van der Waals surface area contributed by atoms with Crippen LogP contribution in [0.15, 0.2) is 32.7 Å². The molecule has 0 spiro atoms. The lowest BCUT2D eigenvalue weighted by Crippen LogP contribution is -2.45. The van der Waals surface area contributed by atoms with Gasteiger partial charge >= 0.3 is 11.9 Å². The van der Waals surface area contributed by atoms with E-state index in [0.717, 1.165) is 23.9 Å². The van der Waals surface area contributed by atoms with Crippen LogP contribution in [0.25, 0.3) is 5.69 Å². The van der Waals surface area contributed by atoms with Crippen molar-refractivity contribution < 1.29 is 22.4 Å². The summed E-state index contributed by atoms with van der Waals surface area (Å²) in [4.78, 5) is 35.7. The molecule has 1 atom stereocenters. The lowest BCUT2D eigenvalue weighted by atomic mass is 10.3. The van der Waals surface area contributed by atoms with Gasteiger partial charge in [-0.05, 0) is 18.6 Å². The largest absolute Gasteiger partial charge is 0.433 e. The fourth-order valence-corrected chi connectivity index (χ4v) is 3.75. The Morgan fingerprint density at radius 2 is 1.93 bits per heavy atom. The van der Waals surface area contributed by atoms with Crippen LogP contribution in [-0.2, 0) is 11.0 Å². The third-order valence-electron chi connectivity index (χ3n) is 3.67. The number of aldehydes is 1. The van der Waals surface area contributed by atoms with E-state index in [9.17, 15) is 31.9 Å². The number of hydrogen-bond donors (Lipinski definition) is 1. The second kappa shape index (κ2) is 8.39. The molecule has 1 aromatic heterocycles. The quantitative estimate of drug-likeness (QED) is 0.323. The maximum absolute atomic E-state index is 14.4. The third-order valence-corrected chi connectivity index (χ3v) is 5.34. The van der Waals surface area contributed by atoms with Crippen LogP contribution in [-0.4, -0.2) is 20.8 Å². The van der Waals surface area contributed by atoms with Gasteiger partial charge in [0.1, 0.15) is 12.1 Å². The molecule has 1 aromatic carbocycles. The number of nitrogens with two attached hydrogens (primary N) is 1. The number of carbonyl (C=O) groups excluding carboxylic acids is 1. The summed E-state index contributed by atoms with van der Waals surface area (Å²) in [7, 11) is 0. The first-order valence-corrected chi connectivity index (χ1v) is 9.09. The highest BCUT2D eigenvalue weighted by molar-refractivity contribution is 8.00. The molecule has 0 radical (unpaired) electrons. The molecule has 0 fully saturated rings. The fourth-order valence-electron chi connectivity index (χ4n) is 2.38. The summed E-state index contributed by atoms with van der Waals surface area (Å²) in [5, 5.41) is -0.599. The van der Waals surface area contributed by atoms with Gasteiger partial charge in [-0.2, -0.15) is 13.2 Å². The Bertz CT molecular complexity index is 1020. The van der Waals surface area contributed by atoms with Crippen LogP contribution in [0.4, 0.5) is 17.6 Å². The second-order valence-electron chi connectivity index (χ2n) is 5.67. The third kappa shape index (κ3) is 4.41. The summed E-state index contributed by atoms with van der Waals surface area (Å²) < 4.78 is 52.9. The van der Waals surface area contributed by atoms with Crippen molar-refractivity contribution in [1.82, 2.24) is 9.24 Å². The maximum Gasteiger partial charge on any atom is 0.433 e. The number of halogens is 5. The van der Waals surface area contributed by atoms with Gasteiger partial charge in [-0.25, -0.2) is 18.4 Å². The van der Waals surface area contributed by atoms with Crippen LogP contribution in [0.2, 0.25) is 5.02 Å². The average Bonchev–Trinajstić information content (AvgIpc) is 2.60. The minimum Gasteiger partial charge on any atom is -0.335 e. The molecule has 6 nitrogen and oxygen atoms in total. The van der Waals surface area contributed by atoms with Crippen molar-refractivity contribution in [2.45, 2.75) is 36.1 Å². The van der Waals surface area contributed by atoms with Gasteiger partial charge in [0.05, 0.1) is 16.0 Å². The van der Waals surface area contributed by atoms with Crippen molar-refractivity contribution in [3.8, 4) is 5.69 Å². The first-order valence-electron chi connectivity index (χ1n) is 7.84. The van der Waals surface area contributed by atoms with Gasteiger partial charge in [-0.15, -0.1) is 11.8 Å². The van der Waals surface area contributed by atoms with Crippen molar-refractivity contribution in [2.75, 3.05) is 5.84 Å². The minimum atomic E-state index is -5.05. The van der Waals surface area contributed by atoms with Crippen LogP contribution < -0.4 is 17.1 Å². The Morgan fingerprint density at radius 3 is 2.46 bits per heavy atom. The molecule has 2 N–H and O–H groups in total. The monoisotopic (exact) mass is 439 g/mol. The number of nitrogen functional groups attached to an aromatic ring is 1. The zero-order valence-corrected chi connectivity index (χ0v) is 15.9. The van der Waals surface area contributed by atoms with Crippen LogP contribution in [0, 0.1) is 5.82 Å². The van der Waals surface area contributed by atoms with Crippen LogP contribution in [0.3, 0.4) is 0 Å². The van der Waals surface area contributed by atoms with E-state index in [2.05, 4.69) is 0 Å². The summed E-state index contributed by atoms with van der Waals surface area (Å²) in [5.41, 5.74) is -5.31. The molecule has 2 aromatic rings. The summed E-state index contributed by atoms with van der Waals surface area (Å²) in [6, 6.07) is 1.91. The van der Waals surface area contributed by atoms with E-state index >= 15 is 0 Å². The molecule has 1 unspecified atom stereocenters. The summed E-state index contributed by atoms with van der Waals surface area (Å²) in [6.45, 7) is 1.85. The van der Waals surface area contributed by atoms with E-state index in [0.29, 0.717) is 19.1 Å². The maximum atomic E-state index is 14.4. The molecule has 1 heterocycles. The number of benzene rings is 1. The van der Waals surface area contributed by atoms with Gasteiger partial charge in [-0.1, -0.05) is 24.9 Å². The van der Waals surface area contributed by atoms with Gasteiger partial charge in [0.15, 0.2) is 5.69 Å². The number of nitrogens with zero attached hydrogens (tertiary/aromatic N) is 2. The highest BCUT2D eigenvalue weighted by Crippen LogP contribution is 2.34. The molecule has 0 saturated heterocycles. The molecule has 0 bridgehead atoms. The van der Waals surface area contributed by atoms with Crippen LogP contribution in [0.1, 0.15) is 25.5 Å². The normalized spacial score (nSPS) is 12.8. The standard InChI is InChI=1S/C16H14ClF4N3O3S/c1-2-3-8(7-25)28-12-5-11(10(18)4-9(12)17)23-14(26)6-13(16(19,20)21)24(22)15(23)27/h4-8H,2-3,22H2,1H3. The molecule has 152 valence electrons. The number of aromatic nitrogens is 2. The van der Waals surface area contributed by atoms with Crippen LogP contribution >= 0.6 is 23.4 Å². The minimum absolute atomic E-state index is 0.0813. The number of thioether (sulfide) groups is 1. The Hall–Kier alpha value is -2.27. The first-order chi connectivity index (χ1) is 13.0. The smallest absolute Gasteiger partial charge is 0.335 e. The molecule has 0 aliphatic rings. The second-order valence-corrected chi connectivity index (χ2v) is 7.36. The Balaban J connectivity index is 2.68. The van der Waals surface area contributed by atoms with Crippen LogP contribution in [0.5, 0.6) is 0 Å². The molecule has 2 rings (SSSR count). The van der Waals surface area contributed by atoms with Gasteiger partial charge < -0.3 is 10.6 Å². The summed E-state index contributed by atoms with van der Waals surface area (Å²) >= 11 is 6.94. The summed E-state index contributed by atoms with van der Waals surface area (Å²) in [5.74, 6) is 4.04. The predicted octanol–water partition coefficient (Wildman–Crippen LogP) is 2.98. The highest BCUT2D eigenvalue weighted by atomic mass is 35.5. The van der Waals surface area contributed by atoms with E-state index in [-0.39, 0.29) is 25.2 Å². The van der Waals surface area contributed by atoms with E-state index in [1.807, 2.05) is 6.92 Å². The zero-order valence-electron chi connectivity index (χ0n) is 14.3. The Morgan fingerprint density at radius 1 is 1.29 bits per heavy atom. The van der Waals surface area contributed by atoms with Crippen molar-refractivity contribution in [3.63, 3.8) is 0 Å². The van der Waals surface area contributed by atoms with Crippen molar-refractivity contribution in [3.05, 3.63) is 55.6 Å². The Labute approximate surface area is 164 Å². The summed E-state index contributed by atoms with van der Waals surface area (Å²) in [6.07, 6.45) is -3.21. The number of hydrogen-bond acceptors (Lipinski definition) is 5. The highest BCUT2D eigenvalue weighted by Gasteiger charge is 2.36. The zero-order chi connectivity index (χ0) is 21.2. The van der Waals surface area contributed by atoms with E-state index in [1.165, 1.54) is 0 Å². The molecule has 0 amide bonds. The Kier molecular flexibility index (Phi) is 6.60. The van der Waals surface area contributed by atoms with Crippen molar-refractivity contribution >= 4 is 29.6 Å². The average molecular weight is 440 g/mol. The van der Waals surface area contributed by atoms with Crippen molar-refractivity contribution in [1.29, 1.82) is 0 Å². The molecular formula is C16H14ClF4N3O3S. The molecule has 0 aliphatic carbocycles. The molecule has 12 heteroatoms. The number of carbonyl (C=O) groups is 1. The SMILES string of the molecule is CCCC(C=O)Sc1cc(-n2c(=O)cc(C(F)(F)F)n(N)c2=O)c(F)cc1Cl.